The molecule has 2 aromatic rings. The normalized spacial score (nSPS) is 10.2. The monoisotopic (exact) mass is 340 g/mol. The molecule has 0 saturated heterocycles. The Balaban J connectivity index is 2.01. The van der Waals surface area contributed by atoms with E-state index in [4.69, 9.17) is 4.74 Å². The van der Waals surface area contributed by atoms with E-state index in [-0.39, 0.29) is 18.2 Å². The number of amides is 2. The van der Waals surface area contributed by atoms with E-state index in [1.165, 1.54) is 0 Å². The summed E-state index contributed by atoms with van der Waals surface area (Å²) in [4.78, 5) is 24.4. The van der Waals surface area contributed by atoms with E-state index in [1.807, 2.05) is 32.0 Å². The lowest BCUT2D eigenvalue weighted by atomic mass is 10.0. The van der Waals surface area contributed by atoms with Gasteiger partial charge in [0.1, 0.15) is 12.2 Å². The molecule has 0 saturated carbocycles. The molecule has 0 heterocycles. The van der Waals surface area contributed by atoms with E-state index < -0.39 is 0 Å². The van der Waals surface area contributed by atoms with Crippen LogP contribution in [0.1, 0.15) is 31.4 Å². The van der Waals surface area contributed by atoms with Crippen molar-refractivity contribution in [2.24, 2.45) is 0 Å². The predicted molar refractivity (Wildman–Crippen MR) is 100 cm³/mol. The van der Waals surface area contributed by atoms with Gasteiger partial charge >= 0.3 is 0 Å². The van der Waals surface area contributed by atoms with Gasteiger partial charge in [0, 0.05) is 17.4 Å². The third-order valence-corrected chi connectivity index (χ3v) is 3.94. The van der Waals surface area contributed by atoms with Gasteiger partial charge < -0.3 is 15.4 Å². The Kier molecular flexibility index (Phi) is 6.57. The summed E-state index contributed by atoms with van der Waals surface area (Å²) in [6.45, 7) is 4.08. The number of aryl methyl sites for hydroxylation is 2. The maximum Gasteiger partial charge on any atom is 0.233 e. The zero-order valence-electron chi connectivity index (χ0n) is 14.9. The number of anilines is 2. The van der Waals surface area contributed by atoms with Crippen LogP contribution >= 0.6 is 0 Å². The smallest absolute Gasteiger partial charge is 0.233 e. The molecular formula is C20H24N2O3. The summed E-state index contributed by atoms with van der Waals surface area (Å²) in [7, 11) is 1.56. The minimum Gasteiger partial charge on any atom is -0.497 e. The molecule has 0 unspecified atom stereocenters. The number of nitrogens with one attached hydrogen (secondary N) is 2. The van der Waals surface area contributed by atoms with Crippen molar-refractivity contribution in [1.82, 2.24) is 0 Å². The lowest BCUT2D eigenvalue weighted by Crippen LogP contribution is -2.22. The average Bonchev–Trinajstić information content (AvgIpc) is 2.61. The van der Waals surface area contributed by atoms with Gasteiger partial charge in [0.15, 0.2) is 0 Å². The number of rotatable bonds is 7. The fourth-order valence-corrected chi connectivity index (χ4v) is 2.64. The van der Waals surface area contributed by atoms with Crippen molar-refractivity contribution >= 4 is 23.2 Å². The molecule has 0 aliphatic heterocycles. The standard InChI is InChI=1S/C20H24N2O3/c1-4-14-8-6-9-15(5-2)20(14)22-19(24)13-18(23)21-16-10-7-11-17(12-16)25-3/h6-12H,4-5,13H2,1-3H3,(H,21,23)(H,22,24). The molecule has 5 heteroatoms. The van der Waals surface area contributed by atoms with Crippen molar-refractivity contribution in [3.8, 4) is 5.75 Å². The van der Waals surface area contributed by atoms with E-state index in [0.717, 1.165) is 29.7 Å². The van der Waals surface area contributed by atoms with Gasteiger partial charge in [-0.2, -0.15) is 0 Å². The molecule has 25 heavy (non-hydrogen) atoms. The number of carbonyl (C=O) groups excluding carboxylic acids is 2. The SMILES string of the molecule is CCc1cccc(CC)c1NC(=O)CC(=O)Nc1cccc(OC)c1. The van der Waals surface area contributed by atoms with E-state index in [9.17, 15) is 9.59 Å². The number of benzene rings is 2. The molecule has 2 amide bonds. The Morgan fingerprint density at radius 2 is 1.52 bits per heavy atom. The first-order valence-corrected chi connectivity index (χ1v) is 8.41. The molecular weight excluding hydrogens is 316 g/mol. The Labute approximate surface area is 148 Å². The summed E-state index contributed by atoms with van der Waals surface area (Å²) in [5.41, 5.74) is 3.56. The van der Waals surface area contributed by atoms with Gasteiger partial charge in [-0.15, -0.1) is 0 Å². The molecule has 132 valence electrons. The Morgan fingerprint density at radius 3 is 2.12 bits per heavy atom. The van der Waals surface area contributed by atoms with Gasteiger partial charge in [-0.25, -0.2) is 0 Å². The van der Waals surface area contributed by atoms with Crippen LogP contribution in [0.25, 0.3) is 0 Å². The van der Waals surface area contributed by atoms with Crippen LogP contribution < -0.4 is 15.4 Å². The molecule has 2 rings (SSSR count). The number of ether oxygens (including phenoxy) is 1. The predicted octanol–water partition coefficient (Wildman–Crippen LogP) is 3.79. The lowest BCUT2D eigenvalue weighted by Gasteiger charge is -2.14. The Morgan fingerprint density at radius 1 is 0.920 bits per heavy atom. The number of para-hydroxylation sites is 1. The highest BCUT2D eigenvalue weighted by molar-refractivity contribution is 6.08. The molecule has 0 spiro atoms. The topological polar surface area (TPSA) is 67.4 Å². The second kappa shape index (κ2) is 8.87. The summed E-state index contributed by atoms with van der Waals surface area (Å²) in [6, 6.07) is 13.0. The third-order valence-electron chi connectivity index (χ3n) is 3.94. The summed E-state index contributed by atoms with van der Waals surface area (Å²) in [6.07, 6.45) is 1.40. The first-order valence-electron chi connectivity index (χ1n) is 8.41. The Bertz CT molecular complexity index is 734. The van der Waals surface area contributed by atoms with E-state index >= 15 is 0 Å². The second-order valence-electron chi connectivity index (χ2n) is 5.66. The van der Waals surface area contributed by atoms with Crippen molar-refractivity contribution in [2.45, 2.75) is 33.1 Å². The molecule has 0 fully saturated rings. The molecule has 5 nitrogen and oxygen atoms in total. The van der Waals surface area contributed by atoms with Crippen molar-refractivity contribution in [1.29, 1.82) is 0 Å². The van der Waals surface area contributed by atoms with Gasteiger partial charge in [0.2, 0.25) is 11.8 Å². The fraction of sp³-hybridized carbons (Fsp3) is 0.300. The fourth-order valence-electron chi connectivity index (χ4n) is 2.64. The number of methoxy groups -OCH3 is 1. The third kappa shape index (κ3) is 5.08. The van der Waals surface area contributed by atoms with Crippen LogP contribution in [-0.4, -0.2) is 18.9 Å². The van der Waals surface area contributed by atoms with Gasteiger partial charge in [-0.1, -0.05) is 38.1 Å². The van der Waals surface area contributed by atoms with Crippen LogP contribution in [0.3, 0.4) is 0 Å². The van der Waals surface area contributed by atoms with Crippen LogP contribution in [0.2, 0.25) is 0 Å². The van der Waals surface area contributed by atoms with Crippen molar-refractivity contribution < 1.29 is 14.3 Å². The zero-order valence-corrected chi connectivity index (χ0v) is 14.9. The first-order chi connectivity index (χ1) is 12.1. The summed E-state index contributed by atoms with van der Waals surface area (Å²) in [5.74, 6) is -0.0412. The van der Waals surface area contributed by atoms with Crippen molar-refractivity contribution in [3.05, 3.63) is 53.6 Å². The van der Waals surface area contributed by atoms with Crippen LogP contribution in [0.5, 0.6) is 5.75 Å². The van der Waals surface area contributed by atoms with Crippen LogP contribution in [0.15, 0.2) is 42.5 Å². The highest BCUT2D eigenvalue weighted by atomic mass is 16.5. The minimum atomic E-state index is -0.363. The summed E-state index contributed by atoms with van der Waals surface area (Å²) < 4.78 is 5.12. The van der Waals surface area contributed by atoms with Gasteiger partial charge in [-0.05, 0) is 36.1 Å². The number of hydrogen-bond donors (Lipinski definition) is 2. The maximum absolute atomic E-state index is 12.3. The number of hydrogen-bond acceptors (Lipinski definition) is 3. The average molecular weight is 340 g/mol. The van der Waals surface area contributed by atoms with E-state index in [0.29, 0.717) is 11.4 Å². The van der Waals surface area contributed by atoms with Gasteiger partial charge in [0.05, 0.1) is 7.11 Å². The van der Waals surface area contributed by atoms with Gasteiger partial charge in [-0.3, -0.25) is 9.59 Å². The van der Waals surface area contributed by atoms with Crippen LogP contribution in [-0.2, 0) is 22.4 Å². The van der Waals surface area contributed by atoms with Crippen LogP contribution in [0.4, 0.5) is 11.4 Å². The van der Waals surface area contributed by atoms with E-state index in [1.54, 1.807) is 31.4 Å². The first kappa shape index (κ1) is 18.5. The zero-order chi connectivity index (χ0) is 18.2. The highest BCUT2D eigenvalue weighted by Crippen LogP contribution is 2.23. The molecule has 0 aliphatic rings. The van der Waals surface area contributed by atoms with Crippen LogP contribution in [0, 0.1) is 0 Å². The number of carbonyl (C=O) groups is 2. The second-order valence-corrected chi connectivity index (χ2v) is 5.66. The molecule has 2 aromatic carbocycles. The molecule has 2 N–H and O–H groups in total. The van der Waals surface area contributed by atoms with E-state index in [2.05, 4.69) is 10.6 Å². The summed E-state index contributed by atoms with van der Waals surface area (Å²) in [5, 5.41) is 5.61. The molecule has 0 radical (unpaired) electrons. The minimum absolute atomic E-state index is 0.238. The largest absolute Gasteiger partial charge is 0.497 e. The maximum atomic E-state index is 12.3. The summed E-state index contributed by atoms with van der Waals surface area (Å²) >= 11 is 0. The highest BCUT2D eigenvalue weighted by Gasteiger charge is 2.14. The Hall–Kier alpha value is -2.82. The van der Waals surface area contributed by atoms with Crippen molar-refractivity contribution in [3.63, 3.8) is 0 Å². The molecule has 0 bridgehead atoms. The van der Waals surface area contributed by atoms with Gasteiger partial charge in [0.25, 0.3) is 0 Å². The quantitative estimate of drug-likeness (QED) is 0.754. The molecule has 0 aliphatic carbocycles. The van der Waals surface area contributed by atoms with Crippen molar-refractivity contribution in [2.75, 3.05) is 17.7 Å². The molecule has 0 atom stereocenters. The molecule has 0 aromatic heterocycles. The lowest BCUT2D eigenvalue weighted by molar-refractivity contribution is -0.123.